The second-order valence-corrected chi connectivity index (χ2v) is 6.60. The lowest BCUT2D eigenvalue weighted by atomic mass is 10.0. The van der Waals surface area contributed by atoms with Crippen molar-refractivity contribution >= 4 is 11.6 Å². The van der Waals surface area contributed by atoms with E-state index in [1.54, 1.807) is 25.4 Å². The SMILES string of the molecule is CN=C(NCc1ncccc1C)NC1CCCN(c2cccc(F)c2)C1. The molecule has 5 nitrogen and oxygen atoms in total. The predicted octanol–water partition coefficient (Wildman–Crippen LogP) is 2.86. The molecule has 1 aromatic heterocycles. The maximum Gasteiger partial charge on any atom is 0.191 e. The van der Waals surface area contributed by atoms with Gasteiger partial charge in [0, 0.05) is 38.1 Å². The molecular formula is C20H26FN5. The number of nitrogens with one attached hydrogen (secondary N) is 2. The van der Waals surface area contributed by atoms with Crippen LogP contribution in [0.4, 0.5) is 10.1 Å². The average molecular weight is 355 g/mol. The van der Waals surface area contributed by atoms with Crippen LogP contribution in [0.25, 0.3) is 0 Å². The van der Waals surface area contributed by atoms with Crippen LogP contribution in [0.5, 0.6) is 0 Å². The second kappa shape index (κ2) is 8.65. The number of aryl methyl sites for hydroxylation is 1. The summed E-state index contributed by atoms with van der Waals surface area (Å²) in [7, 11) is 1.77. The minimum Gasteiger partial charge on any atom is -0.369 e. The molecule has 0 radical (unpaired) electrons. The first kappa shape index (κ1) is 18.2. The summed E-state index contributed by atoms with van der Waals surface area (Å²) < 4.78 is 13.5. The van der Waals surface area contributed by atoms with Gasteiger partial charge in [0.1, 0.15) is 5.82 Å². The second-order valence-electron chi connectivity index (χ2n) is 6.60. The largest absolute Gasteiger partial charge is 0.369 e. The molecule has 0 amide bonds. The summed E-state index contributed by atoms with van der Waals surface area (Å²) >= 11 is 0. The number of pyridine rings is 1. The maximum absolute atomic E-state index is 13.5. The summed E-state index contributed by atoms with van der Waals surface area (Å²) in [5.41, 5.74) is 3.11. The predicted molar refractivity (Wildman–Crippen MR) is 104 cm³/mol. The van der Waals surface area contributed by atoms with Crippen molar-refractivity contribution in [2.24, 2.45) is 4.99 Å². The van der Waals surface area contributed by atoms with Gasteiger partial charge in [-0.15, -0.1) is 0 Å². The van der Waals surface area contributed by atoms with Gasteiger partial charge in [0.25, 0.3) is 0 Å². The van der Waals surface area contributed by atoms with Crippen LogP contribution in [0, 0.1) is 12.7 Å². The first-order valence-corrected chi connectivity index (χ1v) is 9.04. The summed E-state index contributed by atoms with van der Waals surface area (Å²) in [6.45, 7) is 4.46. The molecule has 0 bridgehead atoms. The number of piperidine rings is 1. The summed E-state index contributed by atoms with van der Waals surface area (Å²) in [6, 6.07) is 11.1. The quantitative estimate of drug-likeness (QED) is 0.654. The molecule has 26 heavy (non-hydrogen) atoms. The molecule has 1 aromatic carbocycles. The Hall–Kier alpha value is -2.63. The summed E-state index contributed by atoms with van der Waals surface area (Å²) in [4.78, 5) is 11.0. The average Bonchev–Trinajstić information content (AvgIpc) is 2.66. The molecule has 1 unspecified atom stereocenters. The highest BCUT2D eigenvalue weighted by Crippen LogP contribution is 2.20. The molecule has 3 rings (SSSR count). The van der Waals surface area contributed by atoms with E-state index in [1.165, 1.54) is 6.07 Å². The van der Waals surface area contributed by atoms with Crippen LogP contribution in [0.3, 0.4) is 0 Å². The number of nitrogens with zero attached hydrogens (tertiary/aromatic N) is 3. The minimum atomic E-state index is -0.194. The Labute approximate surface area is 154 Å². The molecular weight excluding hydrogens is 329 g/mol. The zero-order chi connectivity index (χ0) is 18.4. The first-order valence-electron chi connectivity index (χ1n) is 9.04. The third-order valence-corrected chi connectivity index (χ3v) is 4.70. The fourth-order valence-corrected chi connectivity index (χ4v) is 3.26. The van der Waals surface area contributed by atoms with E-state index in [9.17, 15) is 4.39 Å². The van der Waals surface area contributed by atoms with Crippen molar-refractivity contribution in [2.75, 3.05) is 25.0 Å². The van der Waals surface area contributed by atoms with Gasteiger partial charge < -0.3 is 15.5 Å². The fourth-order valence-electron chi connectivity index (χ4n) is 3.26. The molecule has 1 fully saturated rings. The Morgan fingerprint density at radius 3 is 3.00 bits per heavy atom. The molecule has 0 aliphatic carbocycles. The monoisotopic (exact) mass is 355 g/mol. The van der Waals surface area contributed by atoms with E-state index in [-0.39, 0.29) is 11.9 Å². The number of benzene rings is 1. The zero-order valence-corrected chi connectivity index (χ0v) is 15.4. The standard InChI is InChI=1S/C20H26FN5/c1-15-6-4-10-23-19(15)13-24-20(22-2)25-17-8-5-11-26(14-17)18-9-3-7-16(21)12-18/h3-4,6-7,9-10,12,17H,5,8,11,13-14H2,1-2H3,(H2,22,24,25). The summed E-state index contributed by atoms with van der Waals surface area (Å²) in [5.74, 6) is 0.571. The lowest BCUT2D eigenvalue weighted by molar-refractivity contribution is 0.467. The number of anilines is 1. The lowest BCUT2D eigenvalue weighted by Crippen LogP contribution is -2.51. The van der Waals surface area contributed by atoms with Gasteiger partial charge in [-0.2, -0.15) is 0 Å². The van der Waals surface area contributed by atoms with Crippen molar-refractivity contribution in [3.05, 3.63) is 59.7 Å². The van der Waals surface area contributed by atoms with E-state index in [0.717, 1.165) is 48.8 Å². The normalized spacial score (nSPS) is 17.9. The summed E-state index contributed by atoms with van der Waals surface area (Å²) in [6.07, 6.45) is 3.93. The third kappa shape index (κ3) is 4.71. The van der Waals surface area contributed by atoms with Gasteiger partial charge >= 0.3 is 0 Å². The van der Waals surface area contributed by atoms with Crippen LogP contribution in [0.1, 0.15) is 24.1 Å². The minimum absolute atomic E-state index is 0.194. The van der Waals surface area contributed by atoms with Gasteiger partial charge in [-0.05, 0) is 49.6 Å². The highest BCUT2D eigenvalue weighted by molar-refractivity contribution is 5.80. The van der Waals surface area contributed by atoms with E-state index in [1.807, 2.05) is 12.1 Å². The number of hydrogen-bond donors (Lipinski definition) is 2. The van der Waals surface area contributed by atoms with Crippen molar-refractivity contribution < 1.29 is 4.39 Å². The maximum atomic E-state index is 13.5. The molecule has 6 heteroatoms. The van der Waals surface area contributed by atoms with E-state index in [2.05, 4.69) is 38.5 Å². The van der Waals surface area contributed by atoms with E-state index in [0.29, 0.717) is 6.54 Å². The highest BCUT2D eigenvalue weighted by atomic mass is 19.1. The van der Waals surface area contributed by atoms with Crippen LogP contribution in [-0.2, 0) is 6.54 Å². The Kier molecular flexibility index (Phi) is 6.04. The number of aromatic nitrogens is 1. The molecule has 0 saturated carbocycles. The van der Waals surface area contributed by atoms with Gasteiger partial charge in [0.05, 0.1) is 12.2 Å². The Morgan fingerprint density at radius 1 is 1.35 bits per heavy atom. The smallest absolute Gasteiger partial charge is 0.191 e. The van der Waals surface area contributed by atoms with E-state index < -0.39 is 0 Å². The Balaban J connectivity index is 1.57. The molecule has 138 valence electrons. The van der Waals surface area contributed by atoms with Gasteiger partial charge in [-0.25, -0.2) is 4.39 Å². The van der Waals surface area contributed by atoms with Crippen LogP contribution < -0.4 is 15.5 Å². The Morgan fingerprint density at radius 2 is 2.23 bits per heavy atom. The van der Waals surface area contributed by atoms with Crippen LogP contribution >= 0.6 is 0 Å². The van der Waals surface area contributed by atoms with Crippen LogP contribution in [0.15, 0.2) is 47.6 Å². The fraction of sp³-hybridized carbons (Fsp3) is 0.400. The molecule has 1 atom stereocenters. The molecule has 2 N–H and O–H groups in total. The van der Waals surface area contributed by atoms with Crippen LogP contribution in [0.2, 0.25) is 0 Å². The van der Waals surface area contributed by atoms with Crippen molar-refractivity contribution in [3.63, 3.8) is 0 Å². The molecule has 2 aromatic rings. The number of hydrogen-bond acceptors (Lipinski definition) is 3. The third-order valence-electron chi connectivity index (χ3n) is 4.70. The molecule has 0 spiro atoms. The van der Waals surface area contributed by atoms with Crippen molar-refractivity contribution in [1.29, 1.82) is 0 Å². The highest BCUT2D eigenvalue weighted by Gasteiger charge is 2.21. The number of aliphatic imine (C=N–C) groups is 1. The first-order chi connectivity index (χ1) is 12.7. The van der Waals surface area contributed by atoms with Crippen molar-refractivity contribution in [1.82, 2.24) is 15.6 Å². The molecule has 1 aliphatic rings. The van der Waals surface area contributed by atoms with Gasteiger partial charge in [-0.3, -0.25) is 9.98 Å². The van der Waals surface area contributed by atoms with Crippen LogP contribution in [-0.4, -0.2) is 37.1 Å². The van der Waals surface area contributed by atoms with E-state index >= 15 is 0 Å². The van der Waals surface area contributed by atoms with Gasteiger partial charge in [-0.1, -0.05) is 12.1 Å². The molecule has 1 aliphatic heterocycles. The van der Waals surface area contributed by atoms with Gasteiger partial charge in [0.2, 0.25) is 0 Å². The molecule has 2 heterocycles. The summed E-state index contributed by atoms with van der Waals surface area (Å²) in [5, 5.41) is 6.82. The van der Waals surface area contributed by atoms with Gasteiger partial charge in [0.15, 0.2) is 5.96 Å². The number of guanidine groups is 1. The molecule has 1 saturated heterocycles. The topological polar surface area (TPSA) is 52.6 Å². The lowest BCUT2D eigenvalue weighted by Gasteiger charge is -2.35. The Bertz CT molecular complexity index is 761. The number of rotatable bonds is 4. The number of halogens is 1. The van der Waals surface area contributed by atoms with Crippen molar-refractivity contribution in [3.8, 4) is 0 Å². The van der Waals surface area contributed by atoms with Crippen molar-refractivity contribution in [2.45, 2.75) is 32.4 Å². The van der Waals surface area contributed by atoms with E-state index in [4.69, 9.17) is 0 Å². The zero-order valence-electron chi connectivity index (χ0n) is 15.4.